The van der Waals surface area contributed by atoms with Crippen molar-refractivity contribution < 1.29 is 28.7 Å². The highest BCUT2D eigenvalue weighted by Gasteiger charge is 2.40. The Labute approximate surface area is 220 Å². The predicted octanol–water partition coefficient (Wildman–Crippen LogP) is 3.56. The van der Waals surface area contributed by atoms with Crippen LogP contribution in [0.5, 0.6) is 0 Å². The van der Waals surface area contributed by atoms with Gasteiger partial charge in [0.15, 0.2) is 0 Å². The van der Waals surface area contributed by atoms with E-state index in [0.29, 0.717) is 24.0 Å². The third kappa shape index (κ3) is 9.12. The Morgan fingerprint density at radius 2 is 1.70 bits per heavy atom. The number of nitrogens with one attached hydrogen (secondary N) is 2. The molecule has 0 fully saturated rings. The van der Waals surface area contributed by atoms with E-state index in [0.717, 1.165) is 0 Å². The van der Waals surface area contributed by atoms with E-state index in [4.69, 9.17) is 11.2 Å². The van der Waals surface area contributed by atoms with Crippen molar-refractivity contribution in [2.75, 3.05) is 13.7 Å². The maximum atomic E-state index is 14.2. The summed E-state index contributed by atoms with van der Waals surface area (Å²) in [5.41, 5.74) is 0.106. The van der Waals surface area contributed by atoms with Gasteiger partial charge in [-0.1, -0.05) is 51.3 Å². The van der Waals surface area contributed by atoms with Crippen molar-refractivity contribution >= 4 is 23.9 Å². The van der Waals surface area contributed by atoms with Gasteiger partial charge in [0.05, 0.1) is 7.11 Å². The minimum Gasteiger partial charge on any atom is -0.468 e. The van der Waals surface area contributed by atoms with E-state index in [1.54, 1.807) is 45.0 Å². The van der Waals surface area contributed by atoms with Crippen LogP contribution in [0, 0.1) is 18.3 Å². The second-order valence-corrected chi connectivity index (χ2v) is 9.94. The van der Waals surface area contributed by atoms with Crippen molar-refractivity contribution in [2.24, 2.45) is 5.92 Å². The van der Waals surface area contributed by atoms with Gasteiger partial charge < -0.3 is 25.0 Å². The average molecular weight is 516 g/mol. The van der Waals surface area contributed by atoms with E-state index < -0.39 is 47.6 Å². The van der Waals surface area contributed by atoms with Crippen LogP contribution >= 0.6 is 0 Å². The summed E-state index contributed by atoms with van der Waals surface area (Å²) in [5.74, 6) is 0.619. The molecule has 204 valence electrons. The van der Waals surface area contributed by atoms with Crippen LogP contribution in [0.2, 0.25) is 0 Å². The summed E-state index contributed by atoms with van der Waals surface area (Å²) in [6.45, 7) is 12.3. The molecule has 9 nitrogen and oxygen atoms in total. The second-order valence-electron chi connectivity index (χ2n) is 9.94. The zero-order valence-corrected chi connectivity index (χ0v) is 23.2. The number of rotatable bonds is 11. The molecule has 1 aromatic carbocycles. The third-order valence-electron chi connectivity index (χ3n) is 6.04. The summed E-state index contributed by atoms with van der Waals surface area (Å²) < 4.78 is 10.1. The molecular weight excluding hydrogens is 474 g/mol. The highest BCUT2D eigenvalue weighted by molar-refractivity contribution is 5.94. The van der Waals surface area contributed by atoms with Crippen LogP contribution in [0.1, 0.15) is 78.5 Å². The topological polar surface area (TPSA) is 114 Å². The Balaban J connectivity index is 3.64. The largest absolute Gasteiger partial charge is 0.468 e. The molecule has 9 heteroatoms. The molecule has 1 aromatic rings. The molecule has 0 radical (unpaired) electrons. The first-order valence-corrected chi connectivity index (χ1v) is 12.5. The van der Waals surface area contributed by atoms with Gasteiger partial charge in [0.2, 0.25) is 11.8 Å². The van der Waals surface area contributed by atoms with Gasteiger partial charge in [-0.3, -0.25) is 14.4 Å². The maximum Gasteiger partial charge on any atom is 0.408 e. The minimum atomic E-state index is -1.16. The van der Waals surface area contributed by atoms with Crippen LogP contribution in [0.25, 0.3) is 0 Å². The van der Waals surface area contributed by atoms with E-state index in [-0.39, 0.29) is 12.5 Å². The first-order chi connectivity index (χ1) is 17.3. The number of alkyl carbamates (subject to hydrolysis) is 1. The summed E-state index contributed by atoms with van der Waals surface area (Å²) in [6, 6.07) is 4.28. The quantitative estimate of drug-likeness (QED) is 0.344. The fourth-order valence-corrected chi connectivity index (χ4v) is 3.69. The number of nitrogens with zero attached hydrogens (tertiary/aromatic N) is 1. The molecule has 0 saturated heterocycles. The molecule has 0 aliphatic carbocycles. The van der Waals surface area contributed by atoms with Gasteiger partial charge in [-0.25, -0.2) is 4.79 Å². The smallest absolute Gasteiger partial charge is 0.408 e. The number of amides is 3. The molecule has 0 aliphatic rings. The number of methoxy groups -OCH3 is 1. The van der Waals surface area contributed by atoms with Crippen molar-refractivity contribution in [1.82, 2.24) is 15.5 Å². The predicted molar refractivity (Wildman–Crippen MR) is 141 cm³/mol. The van der Waals surface area contributed by atoms with Gasteiger partial charge in [0.25, 0.3) is 0 Å². The first-order valence-electron chi connectivity index (χ1n) is 12.5. The third-order valence-corrected chi connectivity index (χ3v) is 6.04. The fraction of sp³-hybridized carbons (Fsp3) is 0.571. The van der Waals surface area contributed by atoms with Gasteiger partial charge in [-0.15, -0.1) is 6.42 Å². The molecule has 4 unspecified atom stereocenters. The van der Waals surface area contributed by atoms with Crippen LogP contribution in [0.4, 0.5) is 4.79 Å². The van der Waals surface area contributed by atoms with E-state index in [2.05, 4.69) is 21.3 Å². The molecule has 4 atom stereocenters. The van der Waals surface area contributed by atoms with Crippen LogP contribution in [-0.2, 0) is 23.9 Å². The summed E-state index contributed by atoms with van der Waals surface area (Å²) in [5, 5.41) is 5.28. The minimum absolute atomic E-state index is 0.270. The van der Waals surface area contributed by atoms with Gasteiger partial charge in [0, 0.05) is 11.6 Å². The van der Waals surface area contributed by atoms with Crippen LogP contribution in [0.15, 0.2) is 24.3 Å². The monoisotopic (exact) mass is 515 g/mol. The summed E-state index contributed by atoms with van der Waals surface area (Å²) in [4.78, 5) is 53.6. The Hall–Kier alpha value is -3.54. The lowest BCUT2D eigenvalue weighted by molar-refractivity contribution is -0.147. The summed E-state index contributed by atoms with van der Waals surface area (Å²) >= 11 is 0. The Kier molecular flexibility index (Phi) is 12.1. The number of ether oxygens (including phenoxy) is 2. The van der Waals surface area contributed by atoms with Gasteiger partial charge >= 0.3 is 12.1 Å². The average Bonchev–Trinajstić information content (AvgIpc) is 2.86. The maximum absolute atomic E-state index is 14.2. The molecule has 0 spiro atoms. The van der Waals surface area contributed by atoms with Crippen LogP contribution in [-0.4, -0.2) is 60.1 Å². The number of hydrogen-bond acceptors (Lipinski definition) is 6. The molecule has 37 heavy (non-hydrogen) atoms. The summed E-state index contributed by atoms with van der Waals surface area (Å²) in [7, 11) is 1.22. The molecular formula is C28H41N3O6. The van der Waals surface area contributed by atoms with E-state index in [9.17, 15) is 19.2 Å². The van der Waals surface area contributed by atoms with Crippen LogP contribution in [0.3, 0.4) is 0 Å². The number of esters is 1. The molecule has 0 heterocycles. The Morgan fingerprint density at radius 3 is 2.22 bits per heavy atom. The summed E-state index contributed by atoms with van der Waals surface area (Å²) in [6.07, 6.45) is 6.11. The number of hydrogen-bond donors (Lipinski definition) is 2. The molecule has 1 rings (SSSR count). The van der Waals surface area contributed by atoms with Gasteiger partial charge in [-0.2, -0.15) is 0 Å². The second kappa shape index (κ2) is 14.3. The first kappa shape index (κ1) is 31.5. The van der Waals surface area contributed by atoms with E-state index in [1.165, 1.54) is 12.0 Å². The van der Waals surface area contributed by atoms with Crippen molar-refractivity contribution in [3.63, 3.8) is 0 Å². The fourth-order valence-electron chi connectivity index (χ4n) is 3.69. The molecule has 0 aromatic heterocycles. The SMILES string of the molecule is C#Cc1ccccc1C(C(=O)NCC(=O)OC)N(C(=O)C(NC(=O)OC(C)(C)C)C(C)CC)C(C)CC. The molecule has 0 saturated carbocycles. The number of terminal acetylenes is 1. The molecule has 0 aliphatic heterocycles. The molecule has 3 amide bonds. The number of carbonyl (C=O) groups is 4. The number of carbonyl (C=O) groups excluding carboxylic acids is 4. The zero-order chi connectivity index (χ0) is 28.3. The zero-order valence-electron chi connectivity index (χ0n) is 23.2. The highest BCUT2D eigenvalue weighted by Crippen LogP contribution is 2.29. The standard InChI is InChI=1S/C28H41N3O6/c1-10-18(4)23(30-27(35)37-28(6,7)8)26(34)31(19(5)11-2)24(25(33)29-17-22(32)36-9)21-16-14-13-15-20(21)12-3/h3,13-16,18-19,23-24H,10-11,17H2,1-2,4-9H3,(H,29,33)(H,30,35). The van der Waals surface area contributed by atoms with Crippen molar-refractivity contribution in [1.29, 1.82) is 0 Å². The van der Waals surface area contributed by atoms with Crippen molar-refractivity contribution in [2.45, 2.75) is 85.0 Å². The lowest BCUT2D eigenvalue weighted by Crippen LogP contribution is -2.57. The Morgan fingerprint density at radius 1 is 1.08 bits per heavy atom. The Bertz CT molecular complexity index is 994. The molecule has 0 bridgehead atoms. The number of benzene rings is 1. The lowest BCUT2D eigenvalue weighted by atomic mass is 9.92. The highest BCUT2D eigenvalue weighted by atomic mass is 16.6. The van der Waals surface area contributed by atoms with E-state index >= 15 is 0 Å². The lowest BCUT2D eigenvalue weighted by Gasteiger charge is -2.39. The normalized spacial score (nSPS) is 14.2. The van der Waals surface area contributed by atoms with Crippen molar-refractivity contribution in [3.8, 4) is 12.3 Å². The van der Waals surface area contributed by atoms with Gasteiger partial charge in [-0.05, 0) is 51.7 Å². The van der Waals surface area contributed by atoms with Crippen LogP contribution < -0.4 is 10.6 Å². The molecule has 2 N–H and O–H groups in total. The van der Waals surface area contributed by atoms with Gasteiger partial charge in [0.1, 0.15) is 24.2 Å². The van der Waals surface area contributed by atoms with E-state index in [1.807, 2.05) is 27.7 Å². The van der Waals surface area contributed by atoms with Crippen molar-refractivity contribution in [3.05, 3.63) is 35.4 Å².